The molecule has 2 rings (SSSR count). The molecule has 1 aromatic rings. The normalized spacial score (nSPS) is 21.4. The van der Waals surface area contributed by atoms with Crippen LogP contribution in [0.15, 0.2) is 36.4 Å². The molecule has 0 bridgehead atoms. The van der Waals surface area contributed by atoms with Crippen molar-refractivity contribution in [1.82, 2.24) is 10.2 Å². The van der Waals surface area contributed by atoms with Gasteiger partial charge in [-0.3, -0.25) is 9.59 Å². The van der Waals surface area contributed by atoms with E-state index in [4.69, 9.17) is 0 Å². The fourth-order valence-electron chi connectivity index (χ4n) is 2.81. The summed E-state index contributed by atoms with van der Waals surface area (Å²) >= 11 is 0. The van der Waals surface area contributed by atoms with Crippen molar-refractivity contribution >= 4 is 17.9 Å². The first-order valence-electron chi connectivity index (χ1n) is 7.97. The van der Waals surface area contributed by atoms with Gasteiger partial charge in [-0.25, -0.2) is 0 Å². The molecule has 0 unspecified atom stereocenters. The Bertz CT molecular complexity index is 571. The van der Waals surface area contributed by atoms with E-state index in [9.17, 15) is 14.7 Å². The minimum absolute atomic E-state index is 0.0918. The highest BCUT2D eigenvalue weighted by atomic mass is 16.3. The lowest BCUT2D eigenvalue weighted by atomic mass is 9.88. The van der Waals surface area contributed by atoms with Crippen LogP contribution in [0.3, 0.4) is 0 Å². The van der Waals surface area contributed by atoms with Crippen molar-refractivity contribution in [3.63, 3.8) is 0 Å². The van der Waals surface area contributed by atoms with Crippen molar-refractivity contribution in [2.75, 3.05) is 20.1 Å². The Morgan fingerprint density at radius 3 is 2.78 bits per heavy atom. The number of nitrogens with zero attached hydrogens (tertiary/aromatic N) is 1. The van der Waals surface area contributed by atoms with Crippen LogP contribution in [-0.2, 0) is 9.59 Å². The molecule has 23 heavy (non-hydrogen) atoms. The summed E-state index contributed by atoms with van der Waals surface area (Å²) < 4.78 is 0. The smallest absolute Gasteiger partial charge is 0.246 e. The van der Waals surface area contributed by atoms with Gasteiger partial charge in [0, 0.05) is 32.6 Å². The lowest BCUT2D eigenvalue weighted by Gasteiger charge is -2.38. The molecule has 1 aliphatic rings. The van der Waals surface area contributed by atoms with Crippen LogP contribution >= 0.6 is 0 Å². The molecule has 1 saturated heterocycles. The van der Waals surface area contributed by atoms with Gasteiger partial charge in [0.1, 0.15) is 0 Å². The number of nitrogens with one attached hydrogen (secondary N) is 1. The number of benzene rings is 1. The summed E-state index contributed by atoms with van der Waals surface area (Å²) in [5, 5.41) is 13.2. The Morgan fingerprint density at radius 1 is 1.35 bits per heavy atom. The third kappa shape index (κ3) is 5.21. The maximum absolute atomic E-state index is 12.3. The van der Waals surface area contributed by atoms with E-state index in [0.717, 1.165) is 12.0 Å². The molecule has 0 spiro atoms. The maximum atomic E-state index is 12.3. The molecule has 5 nitrogen and oxygen atoms in total. The van der Waals surface area contributed by atoms with E-state index in [1.165, 1.54) is 0 Å². The predicted octanol–water partition coefficient (Wildman–Crippen LogP) is 1.58. The van der Waals surface area contributed by atoms with Gasteiger partial charge in [0.05, 0.1) is 5.60 Å². The molecule has 1 fully saturated rings. The molecule has 1 atom stereocenters. The SMILES string of the molecule is CNC(=O)CC[C@@]1(O)CCCN(C(=O)/C=C/c2ccccc2)C1. The second-order valence-corrected chi connectivity index (χ2v) is 6.00. The van der Waals surface area contributed by atoms with Crippen LogP contribution in [0.1, 0.15) is 31.2 Å². The fourth-order valence-corrected chi connectivity index (χ4v) is 2.81. The summed E-state index contributed by atoms with van der Waals surface area (Å²) in [6.45, 7) is 0.919. The maximum Gasteiger partial charge on any atom is 0.246 e. The highest BCUT2D eigenvalue weighted by Gasteiger charge is 2.34. The number of carbonyl (C=O) groups is 2. The monoisotopic (exact) mass is 316 g/mol. The molecule has 0 aromatic heterocycles. The van der Waals surface area contributed by atoms with Gasteiger partial charge in [-0.1, -0.05) is 30.3 Å². The topological polar surface area (TPSA) is 69.6 Å². The standard InChI is InChI=1S/C18H24N2O3/c1-19-16(21)10-12-18(23)11-5-13-20(14-18)17(22)9-8-15-6-3-2-4-7-15/h2-4,6-9,23H,5,10-14H2,1H3,(H,19,21)/b9-8+/t18-/m0/s1. The minimum atomic E-state index is -0.971. The lowest BCUT2D eigenvalue weighted by molar-refractivity contribution is -0.134. The van der Waals surface area contributed by atoms with Gasteiger partial charge in [0.25, 0.3) is 0 Å². The van der Waals surface area contributed by atoms with Crippen LogP contribution in [0, 0.1) is 0 Å². The first kappa shape index (κ1) is 17.2. The van der Waals surface area contributed by atoms with Crippen LogP contribution < -0.4 is 5.32 Å². The summed E-state index contributed by atoms with van der Waals surface area (Å²) in [4.78, 5) is 25.3. The van der Waals surface area contributed by atoms with Gasteiger partial charge in [0.2, 0.25) is 11.8 Å². The Hall–Kier alpha value is -2.14. The van der Waals surface area contributed by atoms with Gasteiger partial charge in [-0.05, 0) is 30.9 Å². The van der Waals surface area contributed by atoms with Gasteiger partial charge in [-0.2, -0.15) is 0 Å². The second-order valence-electron chi connectivity index (χ2n) is 6.00. The van der Waals surface area contributed by atoms with Crippen LogP contribution in [0.25, 0.3) is 6.08 Å². The molecule has 1 aromatic carbocycles. The number of hydrogen-bond acceptors (Lipinski definition) is 3. The molecule has 0 aliphatic carbocycles. The molecule has 0 saturated carbocycles. The van der Waals surface area contributed by atoms with Gasteiger partial charge >= 0.3 is 0 Å². The first-order chi connectivity index (χ1) is 11.0. The number of piperidine rings is 1. The van der Waals surface area contributed by atoms with Crippen molar-refractivity contribution in [3.8, 4) is 0 Å². The number of carbonyl (C=O) groups excluding carboxylic acids is 2. The quantitative estimate of drug-likeness (QED) is 0.810. The molecule has 124 valence electrons. The van der Waals surface area contributed by atoms with Crippen molar-refractivity contribution in [1.29, 1.82) is 0 Å². The van der Waals surface area contributed by atoms with E-state index in [-0.39, 0.29) is 24.8 Å². The van der Waals surface area contributed by atoms with Gasteiger partial charge in [0.15, 0.2) is 0 Å². The summed E-state index contributed by atoms with van der Waals surface area (Å²) in [7, 11) is 1.58. The highest BCUT2D eigenvalue weighted by Crippen LogP contribution is 2.26. The Kier molecular flexibility index (Phi) is 5.93. The van der Waals surface area contributed by atoms with E-state index in [0.29, 0.717) is 19.4 Å². The molecular weight excluding hydrogens is 292 g/mol. The molecule has 5 heteroatoms. The average molecular weight is 316 g/mol. The minimum Gasteiger partial charge on any atom is -0.388 e. The molecule has 2 amide bonds. The van der Waals surface area contributed by atoms with Crippen LogP contribution in [-0.4, -0.2) is 47.6 Å². The Labute approximate surface area is 137 Å². The zero-order valence-electron chi connectivity index (χ0n) is 13.5. The summed E-state index contributed by atoms with van der Waals surface area (Å²) in [6.07, 6.45) is 5.33. The molecule has 1 heterocycles. The number of likely N-dealkylation sites (tertiary alicyclic amines) is 1. The third-order valence-electron chi connectivity index (χ3n) is 4.18. The molecular formula is C18H24N2O3. The summed E-state index contributed by atoms with van der Waals surface area (Å²) in [5.41, 5.74) is -0.00573. The molecule has 0 radical (unpaired) electrons. The molecule has 1 aliphatic heterocycles. The van der Waals surface area contributed by atoms with Crippen molar-refractivity contribution in [2.45, 2.75) is 31.3 Å². The van der Waals surface area contributed by atoms with Gasteiger partial charge in [-0.15, -0.1) is 0 Å². The van der Waals surface area contributed by atoms with Crippen molar-refractivity contribution in [2.24, 2.45) is 0 Å². The number of aliphatic hydroxyl groups is 1. The number of β-amino-alcohol motifs (C(OH)–C–C–N with tert-alkyl or cyclic N) is 1. The summed E-state index contributed by atoms with van der Waals surface area (Å²) in [5.74, 6) is -0.197. The number of rotatable bonds is 5. The largest absolute Gasteiger partial charge is 0.388 e. The zero-order valence-corrected chi connectivity index (χ0v) is 13.5. The predicted molar refractivity (Wildman–Crippen MR) is 89.5 cm³/mol. The highest BCUT2D eigenvalue weighted by molar-refractivity contribution is 5.91. The number of hydrogen-bond donors (Lipinski definition) is 2. The Morgan fingerprint density at radius 2 is 2.09 bits per heavy atom. The van der Waals surface area contributed by atoms with Crippen LogP contribution in [0.2, 0.25) is 0 Å². The van der Waals surface area contributed by atoms with E-state index in [2.05, 4.69) is 5.32 Å². The third-order valence-corrected chi connectivity index (χ3v) is 4.18. The van der Waals surface area contributed by atoms with E-state index >= 15 is 0 Å². The van der Waals surface area contributed by atoms with E-state index in [1.807, 2.05) is 30.3 Å². The average Bonchev–Trinajstić information content (AvgIpc) is 2.58. The summed E-state index contributed by atoms with van der Waals surface area (Å²) in [6, 6.07) is 9.63. The second kappa shape index (κ2) is 7.92. The van der Waals surface area contributed by atoms with Crippen molar-refractivity contribution in [3.05, 3.63) is 42.0 Å². The van der Waals surface area contributed by atoms with Crippen LogP contribution in [0.5, 0.6) is 0 Å². The fraction of sp³-hybridized carbons (Fsp3) is 0.444. The lowest BCUT2D eigenvalue weighted by Crippen LogP contribution is -2.50. The zero-order chi connectivity index (χ0) is 16.7. The first-order valence-corrected chi connectivity index (χ1v) is 7.97. The number of amides is 2. The van der Waals surface area contributed by atoms with E-state index in [1.54, 1.807) is 24.1 Å². The van der Waals surface area contributed by atoms with E-state index < -0.39 is 5.60 Å². The van der Waals surface area contributed by atoms with Crippen LogP contribution in [0.4, 0.5) is 0 Å². The molecule has 2 N–H and O–H groups in total. The Balaban J connectivity index is 1.93. The van der Waals surface area contributed by atoms with Crippen molar-refractivity contribution < 1.29 is 14.7 Å². The van der Waals surface area contributed by atoms with Gasteiger partial charge < -0.3 is 15.3 Å².